The zero-order chi connectivity index (χ0) is 5.21. The zero-order valence-electron chi connectivity index (χ0n) is 4.92. The van der Waals surface area contributed by atoms with Crippen LogP contribution in [0, 0.1) is 0 Å². The molecular formula is C3H4F3K. The summed E-state index contributed by atoms with van der Waals surface area (Å²) in [5.41, 5.74) is 0. The Kier molecular flexibility index (Phi) is 6.44. The Morgan fingerprint density at radius 3 is 1.57 bits per heavy atom. The molecule has 0 aliphatic carbocycles. The van der Waals surface area contributed by atoms with Gasteiger partial charge in [-0.1, -0.05) is 6.58 Å². The van der Waals surface area contributed by atoms with E-state index in [-0.39, 0.29) is 58.9 Å². The van der Waals surface area contributed by atoms with E-state index in [2.05, 4.69) is 6.58 Å². The van der Waals surface area contributed by atoms with Crippen molar-refractivity contribution in [3.8, 4) is 0 Å². The van der Waals surface area contributed by atoms with Crippen LogP contribution in [0.2, 0.25) is 0 Å². The standard InChI is InChI=1S/C3H3F3.K.H/c1-2-3(4,5)6;;/h2H,1H2;;/q;+1;-1. The molecule has 0 saturated heterocycles. The van der Waals surface area contributed by atoms with E-state index in [1.807, 2.05) is 0 Å². The smallest absolute Gasteiger partial charge is 1.00 e. The van der Waals surface area contributed by atoms with Crippen molar-refractivity contribution in [1.29, 1.82) is 0 Å². The fourth-order valence-electron chi connectivity index (χ4n) is 0. The van der Waals surface area contributed by atoms with E-state index in [9.17, 15) is 13.2 Å². The molecular weight excluding hydrogens is 132 g/mol. The third kappa shape index (κ3) is 11.0. The SMILES string of the molecule is C=CC(F)(F)F.[H-].[K+]. The molecule has 4 heteroatoms. The number of rotatable bonds is 0. The van der Waals surface area contributed by atoms with E-state index in [0.717, 1.165) is 0 Å². The average Bonchev–Trinajstić information content (AvgIpc) is 1.35. The van der Waals surface area contributed by atoms with Gasteiger partial charge in [0.05, 0.1) is 0 Å². The van der Waals surface area contributed by atoms with E-state index in [4.69, 9.17) is 0 Å². The predicted molar refractivity (Wildman–Crippen MR) is 17.4 cm³/mol. The minimum Gasteiger partial charge on any atom is -1.00 e. The van der Waals surface area contributed by atoms with Crippen molar-refractivity contribution < 1.29 is 66.0 Å². The van der Waals surface area contributed by atoms with Crippen molar-refractivity contribution >= 4 is 0 Å². The summed E-state index contributed by atoms with van der Waals surface area (Å²) in [6, 6.07) is 0. The molecule has 38 valence electrons. The van der Waals surface area contributed by atoms with Crippen LogP contribution in [0.25, 0.3) is 0 Å². The predicted octanol–water partition coefficient (Wildman–Crippen LogP) is -1.15. The third-order valence-electron chi connectivity index (χ3n) is 0.231. The summed E-state index contributed by atoms with van der Waals surface area (Å²) in [5.74, 6) is 0. The van der Waals surface area contributed by atoms with Gasteiger partial charge < -0.3 is 1.43 Å². The van der Waals surface area contributed by atoms with Gasteiger partial charge in [0.25, 0.3) is 0 Å². The molecule has 0 heterocycles. The second-order valence-electron chi connectivity index (χ2n) is 0.746. The number of allylic oxidation sites excluding steroid dienone is 1. The van der Waals surface area contributed by atoms with Gasteiger partial charge in [-0.2, -0.15) is 13.2 Å². The molecule has 0 aromatic heterocycles. The van der Waals surface area contributed by atoms with Crippen molar-refractivity contribution in [2.75, 3.05) is 0 Å². The van der Waals surface area contributed by atoms with Gasteiger partial charge in [-0.05, 0) is 0 Å². The maximum absolute atomic E-state index is 10.7. The Labute approximate surface area is 83.7 Å². The van der Waals surface area contributed by atoms with Crippen molar-refractivity contribution in [3.05, 3.63) is 12.7 Å². The van der Waals surface area contributed by atoms with Crippen LogP contribution in [0.4, 0.5) is 13.2 Å². The minimum absolute atomic E-state index is 0. The molecule has 0 aliphatic rings. The summed E-state index contributed by atoms with van der Waals surface area (Å²) in [6.07, 6.45) is -4.26. The van der Waals surface area contributed by atoms with Crippen LogP contribution in [0.1, 0.15) is 1.43 Å². The van der Waals surface area contributed by atoms with Gasteiger partial charge in [-0.25, -0.2) is 0 Å². The topological polar surface area (TPSA) is 0 Å². The molecule has 0 N–H and O–H groups in total. The first-order chi connectivity index (χ1) is 2.56. The fourth-order valence-corrected chi connectivity index (χ4v) is 0. The molecule has 0 spiro atoms. The molecule has 0 atom stereocenters. The Hall–Kier alpha value is 1.17. The minimum atomic E-state index is -4.19. The first-order valence-corrected chi connectivity index (χ1v) is 1.26. The fraction of sp³-hybridized carbons (Fsp3) is 0.333. The van der Waals surface area contributed by atoms with Gasteiger partial charge in [-0.3, -0.25) is 0 Å². The maximum atomic E-state index is 10.7. The van der Waals surface area contributed by atoms with E-state index < -0.39 is 6.18 Å². The van der Waals surface area contributed by atoms with Crippen LogP contribution in [0.15, 0.2) is 12.7 Å². The number of alkyl halides is 3. The first kappa shape index (κ1) is 11.0. The van der Waals surface area contributed by atoms with E-state index in [0.29, 0.717) is 0 Å². The summed E-state index contributed by atoms with van der Waals surface area (Å²) in [6.45, 7) is 2.51. The molecule has 0 radical (unpaired) electrons. The van der Waals surface area contributed by atoms with Crippen molar-refractivity contribution in [3.63, 3.8) is 0 Å². The van der Waals surface area contributed by atoms with Gasteiger partial charge in [-0.15, -0.1) is 0 Å². The van der Waals surface area contributed by atoms with Crippen LogP contribution in [0.5, 0.6) is 0 Å². The molecule has 0 fully saturated rings. The molecule has 0 amide bonds. The van der Waals surface area contributed by atoms with Crippen LogP contribution in [0.3, 0.4) is 0 Å². The largest absolute Gasteiger partial charge is 1.00 e. The summed E-state index contributed by atoms with van der Waals surface area (Å²) >= 11 is 0. The normalized spacial score (nSPS) is 9.57. The molecule has 0 rings (SSSR count). The number of halogens is 3. The monoisotopic (exact) mass is 136 g/mol. The molecule has 0 aromatic carbocycles. The molecule has 0 unspecified atom stereocenters. The molecule has 0 aliphatic heterocycles. The second-order valence-corrected chi connectivity index (χ2v) is 0.746. The van der Waals surface area contributed by atoms with E-state index in [1.165, 1.54) is 0 Å². The van der Waals surface area contributed by atoms with Crippen molar-refractivity contribution in [2.45, 2.75) is 6.18 Å². The Morgan fingerprint density at radius 2 is 1.57 bits per heavy atom. The molecule has 0 bridgehead atoms. The second kappa shape index (κ2) is 4.09. The first-order valence-electron chi connectivity index (χ1n) is 1.26. The van der Waals surface area contributed by atoms with E-state index >= 15 is 0 Å². The van der Waals surface area contributed by atoms with Gasteiger partial charge in [0, 0.05) is 6.08 Å². The molecule has 0 nitrogen and oxygen atoms in total. The average molecular weight is 136 g/mol. The van der Waals surface area contributed by atoms with E-state index in [1.54, 1.807) is 0 Å². The molecule has 0 saturated carbocycles. The Morgan fingerprint density at radius 1 is 1.43 bits per heavy atom. The van der Waals surface area contributed by atoms with Crippen molar-refractivity contribution in [1.82, 2.24) is 0 Å². The van der Waals surface area contributed by atoms with Gasteiger partial charge >= 0.3 is 57.6 Å². The molecule has 7 heavy (non-hydrogen) atoms. The quantitative estimate of drug-likeness (QED) is 0.291. The number of hydrogen-bond donors (Lipinski definition) is 0. The summed E-state index contributed by atoms with van der Waals surface area (Å²) < 4.78 is 32.0. The number of hydrogen-bond acceptors (Lipinski definition) is 0. The Balaban J connectivity index is -0.000000125. The maximum Gasteiger partial charge on any atom is 1.00 e. The van der Waals surface area contributed by atoms with Crippen molar-refractivity contribution in [2.24, 2.45) is 0 Å². The van der Waals surface area contributed by atoms with Crippen LogP contribution in [-0.4, -0.2) is 6.18 Å². The van der Waals surface area contributed by atoms with Crippen LogP contribution < -0.4 is 51.4 Å². The molecule has 0 aromatic rings. The summed E-state index contributed by atoms with van der Waals surface area (Å²) in [5, 5.41) is 0. The van der Waals surface area contributed by atoms with Crippen LogP contribution in [-0.2, 0) is 0 Å². The zero-order valence-corrected chi connectivity index (χ0v) is 7.04. The van der Waals surface area contributed by atoms with Crippen LogP contribution >= 0.6 is 0 Å². The summed E-state index contributed by atoms with van der Waals surface area (Å²) in [4.78, 5) is 0. The Bertz CT molecular complexity index is 60.0. The van der Waals surface area contributed by atoms with Gasteiger partial charge in [0.2, 0.25) is 0 Å². The van der Waals surface area contributed by atoms with Gasteiger partial charge in [0.1, 0.15) is 0 Å². The van der Waals surface area contributed by atoms with Gasteiger partial charge in [0.15, 0.2) is 0 Å². The summed E-state index contributed by atoms with van der Waals surface area (Å²) in [7, 11) is 0. The third-order valence-corrected chi connectivity index (χ3v) is 0.231.